The molecule has 7 heteroatoms. The van der Waals surface area contributed by atoms with Crippen molar-refractivity contribution < 1.29 is 9.53 Å². The van der Waals surface area contributed by atoms with Gasteiger partial charge in [0, 0.05) is 18.1 Å². The third-order valence-corrected chi connectivity index (χ3v) is 3.77. The maximum Gasteiger partial charge on any atom is 0.309 e. The summed E-state index contributed by atoms with van der Waals surface area (Å²) in [5.74, 6) is 1.03. The summed E-state index contributed by atoms with van der Waals surface area (Å²) in [7, 11) is 1.39. The first-order valence-electron chi connectivity index (χ1n) is 5.50. The number of esters is 1. The topological polar surface area (TPSA) is 69.4 Å². The van der Waals surface area contributed by atoms with Gasteiger partial charge in [0.1, 0.15) is 10.9 Å². The minimum atomic E-state index is -0.216. The number of ether oxygens (including phenoxy) is 1. The van der Waals surface area contributed by atoms with E-state index in [1.807, 2.05) is 24.4 Å². The summed E-state index contributed by atoms with van der Waals surface area (Å²) in [5.41, 5.74) is 0.720. The van der Waals surface area contributed by atoms with Gasteiger partial charge in [-0.2, -0.15) is 0 Å². The van der Waals surface area contributed by atoms with Crippen LogP contribution >= 0.6 is 11.8 Å². The van der Waals surface area contributed by atoms with Crippen molar-refractivity contribution in [3.05, 3.63) is 18.2 Å². The number of rotatable bonds is 4. The van der Waals surface area contributed by atoms with Crippen LogP contribution < -0.4 is 0 Å². The predicted octanol–water partition coefficient (Wildman–Crippen LogP) is 1.33. The first kappa shape index (κ1) is 12.8. The fraction of sp³-hybridized carbons (Fsp3) is 0.455. The van der Waals surface area contributed by atoms with E-state index in [1.54, 1.807) is 6.20 Å². The second-order valence-electron chi connectivity index (χ2n) is 3.91. The molecule has 0 fully saturated rings. The molecule has 2 aromatic rings. The highest BCUT2D eigenvalue weighted by Gasteiger charge is 2.15. The zero-order chi connectivity index (χ0) is 13.1. The van der Waals surface area contributed by atoms with Crippen LogP contribution in [0.4, 0.5) is 0 Å². The van der Waals surface area contributed by atoms with Crippen molar-refractivity contribution in [1.82, 2.24) is 19.6 Å². The molecule has 1 unspecified atom stereocenters. The fourth-order valence-corrected chi connectivity index (χ4v) is 2.44. The lowest BCUT2D eigenvalue weighted by Crippen LogP contribution is -2.14. The third kappa shape index (κ3) is 2.45. The average Bonchev–Trinajstić information content (AvgIpc) is 2.77. The van der Waals surface area contributed by atoms with Crippen LogP contribution in [0.3, 0.4) is 0 Å². The van der Waals surface area contributed by atoms with E-state index in [2.05, 4.69) is 19.9 Å². The van der Waals surface area contributed by atoms with Gasteiger partial charge in [0.15, 0.2) is 5.65 Å². The van der Waals surface area contributed by atoms with Gasteiger partial charge < -0.3 is 4.74 Å². The van der Waals surface area contributed by atoms with Gasteiger partial charge in [-0.1, -0.05) is 6.92 Å². The van der Waals surface area contributed by atoms with Gasteiger partial charge >= 0.3 is 5.97 Å². The van der Waals surface area contributed by atoms with Crippen LogP contribution in [0.5, 0.6) is 0 Å². The molecule has 1 atom stereocenters. The summed E-state index contributed by atoms with van der Waals surface area (Å²) in [6.45, 7) is 3.71. The highest BCUT2D eigenvalue weighted by atomic mass is 32.2. The van der Waals surface area contributed by atoms with Crippen molar-refractivity contribution >= 4 is 23.4 Å². The molecule has 0 saturated heterocycles. The quantitative estimate of drug-likeness (QED) is 0.614. The largest absolute Gasteiger partial charge is 0.469 e. The van der Waals surface area contributed by atoms with E-state index >= 15 is 0 Å². The van der Waals surface area contributed by atoms with Crippen molar-refractivity contribution in [2.24, 2.45) is 5.92 Å². The summed E-state index contributed by atoms with van der Waals surface area (Å²) < 4.78 is 6.56. The van der Waals surface area contributed by atoms with E-state index < -0.39 is 0 Å². The van der Waals surface area contributed by atoms with E-state index in [0.717, 1.165) is 16.5 Å². The van der Waals surface area contributed by atoms with Gasteiger partial charge in [0.25, 0.3) is 0 Å². The van der Waals surface area contributed by atoms with E-state index in [1.165, 1.54) is 18.9 Å². The van der Waals surface area contributed by atoms with Crippen LogP contribution in [0.25, 0.3) is 5.65 Å². The van der Waals surface area contributed by atoms with E-state index in [9.17, 15) is 4.79 Å². The number of hydrogen-bond acceptors (Lipinski definition) is 6. The Labute approximate surface area is 109 Å². The van der Waals surface area contributed by atoms with Gasteiger partial charge in [0.05, 0.1) is 13.0 Å². The van der Waals surface area contributed by atoms with Crippen LogP contribution in [0.15, 0.2) is 17.4 Å². The Kier molecular flexibility index (Phi) is 3.81. The number of thioether (sulfide) groups is 1. The SMILES string of the molecule is COC(=O)C(C)CSc1nccn2c(C)nnc12. The molecule has 18 heavy (non-hydrogen) atoms. The first-order valence-corrected chi connectivity index (χ1v) is 6.49. The van der Waals surface area contributed by atoms with E-state index in [-0.39, 0.29) is 11.9 Å². The van der Waals surface area contributed by atoms with Crippen molar-refractivity contribution in [3.63, 3.8) is 0 Å². The molecule has 2 heterocycles. The molecule has 0 N–H and O–H groups in total. The monoisotopic (exact) mass is 266 g/mol. The molecule has 2 rings (SSSR count). The lowest BCUT2D eigenvalue weighted by atomic mass is 10.2. The van der Waals surface area contributed by atoms with Crippen molar-refractivity contribution in [2.45, 2.75) is 18.9 Å². The Morgan fingerprint density at radius 1 is 1.56 bits per heavy atom. The molecule has 0 radical (unpaired) electrons. The van der Waals surface area contributed by atoms with Gasteiger partial charge in [-0.15, -0.1) is 22.0 Å². The summed E-state index contributed by atoms with van der Waals surface area (Å²) in [5, 5.41) is 8.85. The Morgan fingerprint density at radius 2 is 2.33 bits per heavy atom. The number of hydrogen-bond donors (Lipinski definition) is 0. The predicted molar refractivity (Wildman–Crippen MR) is 67.4 cm³/mol. The average molecular weight is 266 g/mol. The second kappa shape index (κ2) is 5.34. The number of carbonyl (C=O) groups excluding carboxylic acids is 1. The number of aromatic nitrogens is 4. The summed E-state index contributed by atoms with van der Waals surface area (Å²) in [4.78, 5) is 15.6. The summed E-state index contributed by atoms with van der Waals surface area (Å²) >= 11 is 1.48. The number of aryl methyl sites for hydroxylation is 1. The lowest BCUT2D eigenvalue weighted by molar-refractivity contribution is -0.143. The molecule has 2 aromatic heterocycles. The molecule has 96 valence electrons. The Balaban J connectivity index is 2.15. The lowest BCUT2D eigenvalue weighted by Gasteiger charge is -2.08. The minimum absolute atomic E-state index is 0.175. The molecule has 0 aromatic carbocycles. The molecule has 0 bridgehead atoms. The van der Waals surface area contributed by atoms with Gasteiger partial charge in [0.2, 0.25) is 0 Å². The molecule has 0 aliphatic carbocycles. The maximum atomic E-state index is 11.3. The van der Waals surface area contributed by atoms with Crippen LogP contribution in [0, 0.1) is 12.8 Å². The van der Waals surface area contributed by atoms with Crippen LogP contribution in [-0.4, -0.2) is 38.4 Å². The smallest absolute Gasteiger partial charge is 0.309 e. The molecule has 0 spiro atoms. The Bertz CT molecular complexity index is 569. The van der Waals surface area contributed by atoms with Gasteiger partial charge in [-0.3, -0.25) is 9.20 Å². The molecular formula is C11H14N4O2S. The van der Waals surface area contributed by atoms with Crippen LogP contribution in [0.1, 0.15) is 12.7 Å². The van der Waals surface area contributed by atoms with Crippen LogP contribution in [0.2, 0.25) is 0 Å². The van der Waals surface area contributed by atoms with Gasteiger partial charge in [-0.25, -0.2) is 4.98 Å². The molecule has 6 nitrogen and oxygen atoms in total. The molecule has 0 amide bonds. The van der Waals surface area contributed by atoms with Crippen molar-refractivity contribution in [3.8, 4) is 0 Å². The van der Waals surface area contributed by atoms with Gasteiger partial charge in [-0.05, 0) is 6.92 Å². The zero-order valence-corrected chi connectivity index (χ0v) is 11.3. The number of methoxy groups -OCH3 is 1. The number of carbonyl (C=O) groups is 1. The van der Waals surface area contributed by atoms with E-state index in [4.69, 9.17) is 0 Å². The second-order valence-corrected chi connectivity index (χ2v) is 4.92. The van der Waals surface area contributed by atoms with Crippen molar-refractivity contribution in [2.75, 3.05) is 12.9 Å². The fourth-order valence-electron chi connectivity index (χ4n) is 1.49. The van der Waals surface area contributed by atoms with Crippen molar-refractivity contribution in [1.29, 1.82) is 0 Å². The molecule has 0 aliphatic heterocycles. The Hall–Kier alpha value is -1.63. The third-order valence-electron chi connectivity index (χ3n) is 2.54. The van der Waals surface area contributed by atoms with Crippen LogP contribution in [-0.2, 0) is 9.53 Å². The summed E-state index contributed by atoms with van der Waals surface area (Å²) in [6, 6.07) is 0. The number of fused-ring (bicyclic) bond motifs is 1. The number of nitrogens with zero attached hydrogens (tertiary/aromatic N) is 4. The zero-order valence-electron chi connectivity index (χ0n) is 10.5. The highest BCUT2D eigenvalue weighted by Crippen LogP contribution is 2.22. The maximum absolute atomic E-state index is 11.3. The molecule has 0 saturated carbocycles. The standard InChI is InChI=1S/C11H14N4O2S/c1-7(11(16)17-3)6-18-10-9-14-13-8(2)15(9)5-4-12-10/h4-5,7H,6H2,1-3H3. The van der Waals surface area contributed by atoms with E-state index in [0.29, 0.717) is 5.75 Å². The molecular weight excluding hydrogens is 252 g/mol. The normalized spacial score (nSPS) is 12.6. The minimum Gasteiger partial charge on any atom is -0.469 e. The summed E-state index contributed by atoms with van der Waals surface area (Å²) in [6.07, 6.45) is 3.52. The highest BCUT2D eigenvalue weighted by molar-refractivity contribution is 7.99. The first-order chi connectivity index (χ1) is 8.63. The Morgan fingerprint density at radius 3 is 3.06 bits per heavy atom. The molecule has 0 aliphatic rings.